The minimum atomic E-state index is -4.75. The molecule has 0 aromatic carbocycles. The maximum Gasteiger partial charge on any atom is 0.432 e. The molecule has 1 heterocycles. The van der Waals surface area contributed by atoms with Crippen molar-refractivity contribution in [2.24, 2.45) is 0 Å². The molecule has 0 amide bonds. The summed E-state index contributed by atoms with van der Waals surface area (Å²) in [6, 6.07) is 0.163. The highest BCUT2D eigenvalue weighted by atomic mass is 19.4. The molecule has 0 aliphatic rings. The number of nitrogens with zero attached hydrogens (tertiary/aromatic N) is 1. The summed E-state index contributed by atoms with van der Waals surface area (Å²) in [5.41, 5.74) is -2.51. The lowest BCUT2D eigenvalue weighted by molar-refractivity contribution is -0.141. The fourth-order valence-electron chi connectivity index (χ4n) is 0.735. The average molecular weight is 216 g/mol. The van der Waals surface area contributed by atoms with Crippen molar-refractivity contribution in [3.63, 3.8) is 0 Å². The summed E-state index contributed by atoms with van der Waals surface area (Å²) < 4.78 is 60.9. The Balaban J connectivity index is 3.00. The maximum atomic E-state index is 12.6. The fraction of sp³-hybridized carbons (Fsp3) is 0.500. The molecular formula is C6H5F5N2O. The average Bonchev–Trinajstić information content (AvgIpc) is 2.51. The van der Waals surface area contributed by atoms with Gasteiger partial charge in [0.2, 0.25) is 0 Å². The quantitative estimate of drug-likeness (QED) is 0.736. The van der Waals surface area contributed by atoms with Crippen LogP contribution < -0.4 is 0 Å². The van der Waals surface area contributed by atoms with Gasteiger partial charge in [0, 0.05) is 0 Å². The van der Waals surface area contributed by atoms with E-state index in [1.54, 1.807) is 0 Å². The van der Waals surface area contributed by atoms with E-state index in [4.69, 9.17) is 5.11 Å². The van der Waals surface area contributed by atoms with Crippen LogP contribution in [0.1, 0.15) is 11.4 Å². The molecule has 14 heavy (non-hydrogen) atoms. The SMILES string of the molecule is OCC(F)(F)c1cc(C(F)(F)F)[nH]n1. The predicted octanol–water partition coefficient (Wildman–Crippen LogP) is 1.51. The van der Waals surface area contributed by atoms with Gasteiger partial charge >= 0.3 is 12.1 Å². The van der Waals surface area contributed by atoms with E-state index >= 15 is 0 Å². The summed E-state index contributed by atoms with van der Waals surface area (Å²) in [4.78, 5) is 0. The lowest BCUT2D eigenvalue weighted by Gasteiger charge is -2.08. The molecule has 0 aliphatic carbocycles. The smallest absolute Gasteiger partial charge is 0.390 e. The van der Waals surface area contributed by atoms with Gasteiger partial charge in [0.05, 0.1) is 0 Å². The zero-order valence-electron chi connectivity index (χ0n) is 6.57. The summed E-state index contributed by atoms with van der Waals surface area (Å²) in [6.07, 6.45) is -4.75. The molecule has 0 spiro atoms. The molecule has 0 radical (unpaired) electrons. The van der Waals surface area contributed by atoms with Gasteiger partial charge in [-0.3, -0.25) is 5.10 Å². The molecule has 0 bridgehead atoms. The van der Waals surface area contributed by atoms with Crippen LogP contribution in [0, 0.1) is 0 Å². The van der Waals surface area contributed by atoms with E-state index in [0.29, 0.717) is 0 Å². The lowest BCUT2D eigenvalue weighted by atomic mass is 10.2. The third kappa shape index (κ3) is 2.00. The van der Waals surface area contributed by atoms with Gasteiger partial charge in [0.1, 0.15) is 18.0 Å². The monoisotopic (exact) mass is 216 g/mol. The van der Waals surface area contributed by atoms with E-state index in [1.807, 2.05) is 0 Å². The number of rotatable bonds is 2. The van der Waals surface area contributed by atoms with E-state index in [0.717, 1.165) is 0 Å². The third-order valence-corrected chi connectivity index (χ3v) is 1.46. The zero-order valence-corrected chi connectivity index (χ0v) is 6.57. The van der Waals surface area contributed by atoms with Crippen LogP contribution in [-0.4, -0.2) is 21.9 Å². The first kappa shape index (κ1) is 10.9. The second-order valence-electron chi connectivity index (χ2n) is 2.53. The van der Waals surface area contributed by atoms with Gasteiger partial charge in [-0.2, -0.15) is 27.1 Å². The molecular weight excluding hydrogens is 211 g/mol. The number of halogens is 5. The van der Waals surface area contributed by atoms with Crippen molar-refractivity contribution >= 4 is 0 Å². The van der Waals surface area contributed by atoms with Crippen LogP contribution in [0.2, 0.25) is 0 Å². The summed E-state index contributed by atoms with van der Waals surface area (Å²) in [5, 5.41) is 12.4. The topological polar surface area (TPSA) is 48.9 Å². The minimum absolute atomic E-state index is 0.163. The number of aliphatic hydroxyl groups excluding tert-OH is 1. The third-order valence-electron chi connectivity index (χ3n) is 1.46. The second-order valence-corrected chi connectivity index (χ2v) is 2.53. The molecule has 8 heteroatoms. The lowest BCUT2D eigenvalue weighted by Crippen LogP contribution is -2.18. The van der Waals surface area contributed by atoms with Gasteiger partial charge in [-0.05, 0) is 6.07 Å². The minimum Gasteiger partial charge on any atom is -0.390 e. The number of alkyl halides is 5. The maximum absolute atomic E-state index is 12.6. The Labute approximate surface area is 74.5 Å². The normalized spacial score (nSPS) is 13.3. The van der Waals surface area contributed by atoms with Gasteiger partial charge < -0.3 is 5.11 Å². The molecule has 0 fully saturated rings. The molecule has 0 saturated carbocycles. The molecule has 0 aliphatic heterocycles. The number of hydrogen-bond donors (Lipinski definition) is 2. The highest BCUT2D eigenvalue weighted by Crippen LogP contribution is 2.32. The van der Waals surface area contributed by atoms with Gasteiger partial charge in [-0.1, -0.05) is 0 Å². The van der Waals surface area contributed by atoms with E-state index in [1.165, 1.54) is 5.10 Å². The van der Waals surface area contributed by atoms with Crippen molar-refractivity contribution < 1.29 is 27.1 Å². The summed E-state index contributed by atoms with van der Waals surface area (Å²) in [6.45, 7) is -1.59. The number of aliphatic hydroxyl groups is 1. The first-order valence-electron chi connectivity index (χ1n) is 3.39. The highest BCUT2D eigenvalue weighted by molar-refractivity contribution is 5.15. The molecule has 1 aromatic rings. The molecule has 0 atom stereocenters. The molecule has 80 valence electrons. The Morgan fingerprint density at radius 3 is 2.21 bits per heavy atom. The van der Waals surface area contributed by atoms with Crippen LogP contribution >= 0.6 is 0 Å². The predicted molar refractivity (Wildman–Crippen MR) is 34.6 cm³/mol. The van der Waals surface area contributed by atoms with Crippen LogP contribution in [0.4, 0.5) is 22.0 Å². The summed E-state index contributed by atoms with van der Waals surface area (Å²) in [5.74, 6) is -3.76. The fourth-order valence-corrected chi connectivity index (χ4v) is 0.735. The Kier molecular flexibility index (Phi) is 2.49. The van der Waals surface area contributed by atoms with Crippen LogP contribution in [0.15, 0.2) is 6.07 Å². The number of aromatic nitrogens is 2. The van der Waals surface area contributed by atoms with Crippen molar-refractivity contribution in [3.05, 3.63) is 17.5 Å². The van der Waals surface area contributed by atoms with Gasteiger partial charge in [-0.15, -0.1) is 0 Å². The molecule has 2 N–H and O–H groups in total. The van der Waals surface area contributed by atoms with Crippen molar-refractivity contribution in [2.45, 2.75) is 12.1 Å². The van der Waals surface area contributed by atoms with Crippen LogP contribution in [0.3, 0.4) is 0 Å². The highest BCUT2D eigenvalue weighted by Gasteiger charge is 2.39. The Morgan fingerprint density at radius 1 is 1.29 bits per heavy atom. The van der Waals surface area contributed by atoms with E-state index in [9.17, 15) is 22.0 Å². The number of H-pyrrole nitrogens is 1. The number of nitrogens with one attached hydrogen (secondary N) is 1. The van der Waals surface area contributed by atoms with E-state index in [2.05, 4.69) is 5.10 Å². The standard InChI is InChI=1S/C6H5F5N2O/c7-5(8,2-14)3-1-4(13-12-3)6(9,10)11/h1,14H,2H2,(H,12,13). The molecule has 1 rings (SSSR count). The second kappa shape index (κ2) is 3.19. The van der Waals surface area contributed by atoms with Gasteiger partial charge in [0.15, 0.2) is 0 Å². The zero-order chi connectivity index (χ0) is 11.0. The first-order chi connectivity index (χ1) is 6.27. The van der Waals surface area contributed by atoms with E-state index < -0.39 is 30.1 Å². The first-order valence-corrected chi connectivity index (χ1v) is 3.39. The Bertz CT molecular complexity index is 318. The van der Waals surface area contributed by atoms with Crippen LogP contribution in [0.5, 0.6) is 0 Å². The Morgan fingerprint density at radius 2 is 1.86 bits per heavy atom. The van der Waals surface area contributed by atoms with Crippen molar-refractivity contribution in [2.75, 3.05) is 6.61 Å². The summed E-state index contributed by atoms with van der Waals surface area (Å²) in [7, 11) is 0. The number of hydrogen-bond acceptors (Lipinski definition) is 2. The van der Waals surface area contributed by atoms with E-state index in [-0.39, 0.29) is 6.07 Å². The largest absolute Gasteiger partial charge is 0.432 e. The molecule has 3 nitrogen and oxygen atoms in total. The Hall–Kier alpha value is -1.18. The summed E-state index contributed by atoms with van der Waals surface area (Å²) >= 11 is 0. The number of aromatic amines is 1. The van der Waals surface area contributed by atoms with Crippen LogP contribution in [0.25, 0.3) is 0 Å². The van der Waals surface area contributed by atoms with Crippen LogP contribution in [-0.2, 0) is 12.1 Å². The van der Waals surface area contributed by atoms with Crippen molar-refractivity contribution in [1.82, 2.24) is 10.2 Å². The van der Waals surface area contributed by atoms with Crippen molar-refractivity contribution in [1.29, 1.82) is 0 Å². The molecule has 1 aromatic heterocycles. The molecule has 0 unspecified atom stereocenters. The molecule has 0 saturated heterocycles. The van der Waals surface area contributed by atoms with Gasteiger partial charge in [-0.25, -0.2) is 0 Å². The van der Waals surface area contributed by atoms with Gasteiger partial charge in [0.25, 0.3) is 0 Å². The van der Waals surface area contributed by atoms with Crippen molar-refractivity contribution in [3.8, 4) is 0 Å².